The minimum Gasteiger partial charge on any atom is -0.497 e. The molecule has 6 heteroatoms. The molecule has 0 saturated carbocycles. The summed E-state index contributed by atoms with van der Waals surface area (Å²) in [5.41, 5.74) is 5.75. The molecular weight excluding hydrogens is 262 g/mol. The molecule has 1 aromatic heterocycles. The minimum absolute atomic E-state index is 0.344. The average molecular weight is 277 g/mol. The number of rotatable bonds is 5. The van der Waals surface area contributed by atoms with Gasteiger partial charge in [-0.25, -0.2) is 9.97 Å². The maximum atomic E-state index is 5.75. The van der Waals surface area contributed by atoms with Crippen LogP contribution in [0.1, 0.15) is 5.82 Å². The molecule has 0 aliphatic heterocycles. The van der Waals surface area contributed by atoms with Crippen LogP contribution in [-0.2, 0) is 11.3 Å². The minimum atomic E-state index is 0.344. The van der Waals surface area contributed by atoms with Crippen molar-refractivity contribution < 1.29 is 9.47 Å². The van der Waals surface area contributed by atoms with Crippen LogP contribution in [0.4, 0.5) is 5.82 Å². The van der Waals surface area contributed by atoms with Crippen molar-refractivity contribution in [2.75, 3.05) is 20.0 Å². The fourth-order valence-electron chi connectivity index (χ4n) is 1.52. The molecule has 1 heterocycles. The lowest BCUT2D eigenvalue weighted by Gasteiger charge is -2.06. The van der Waals surface area contributed by atoms with Crippen molar-refractivity contribution in [3.05, 3.63) is 36.2 Å². The Hall–Kier alpha value is -1.79. The second-order valence-corrected chi connectivity index (χ2v) is 4.86. The Kier molecular flexibility index (Phi) is 4.59. The zero-order valence-electron chi connectivity index (χ0n) is 10.8. The quantitative estimate of drug-likeness (QED) is 0.846. The predicted octanol–water partition coefficient (Wildman–Crippen LogP) is 2.37. The Morgan fingerprint density at radius 3 is 2.79 bits per heavy atom. The Morgan fingerprint density at radius 1 is 1.21 bits per heavy atom. The van der Waals surface area contributed by atoms with E-state index < -0.39 is 0 Å². The summed E-state index contributed by atoms with van der Waals surface area (Å²) >= 11 is 1.50. The second-order valence-electron chi connectivity index (χ2n) is 3.76. The molecular formula is C13H15N3O2S. The Balaban J connectivity index is 2.22. The van der Waals surface area contributed by atoms with Gasteiger partial charge in [0.25, 0.3) is 0 Å². The molecule has 2 rings (SSSR count). The molecule has 100 valence electrons. The molecule has 0 bridgehead atoms. The lowest BCUT2D eigenvalue weighted by molar-refractivity contribution is 0.177. The smallest absolute Gasteiger partial charge is 0.157 e. The number of hydrogen-bond donors (Lipinski definition) is 1. The highest BCUT2D eigenvalue weighted by Gasteiger charge is 2.05. The number of anilines is 1. The Labute approximate surface area is 116 Å². The van der Waals surface area contributed by atoms with Gasteiger partial charge in [-0.15, -0.1) is 0 Å². The third kappa shape index (κ3) is 3.84. The lowest BCUT2D eigenvalue weighted by Crippen LogP contribution is -2.01. The van der Waals surface area contributed by atoms with Crippen molar-refractivity contribution in [1.82, 2.24) is 9.97 Å². The van der Waals surface area contributed by atoms with Gasteiger partial charge in [-0.05, 0) is 18.2 Å². The van der Waals surface area contributed by atoms with E-state index in [-0.39, 0.29) is 0 Å². The Morgan fingerprint density at radius 2 is 2.05 bits per heavy atom. The van der Waals surface area contributed by atoms with E-state index in [0.717, 1.165) is 15.7 Å². The summed E-state index contributed by atoms with van der Waals surface area (Å²) in [5, 5.41) is 0.785. The van der Waals surface area contributed by atoms with Crippen LogP contribution in [0.2, 0.25) is 0 Å². The van der Waals surface area contributed by atoms with Crippen molar-refractivity contribution in [2.24, 2.45) is 0 Å². The molecule has 0 aliphatic rings. The molecule has 2 aromatic rings. The van der Waals surface area contributed by atoms with Crippen LogP contribution >= 0.6 is 11.8 Å². The number of nitrogens with zero attached hydrogens (tertiary/aromatic N) is 2. The number of nitrogens with two attached hydrogens (primary N) is 1. The predicted molar refractivity (Wildman–Crippen MR) is 74.3 cm³/mol. The zero-order valence-corrected chi connectivity index (χ0v) is 11.6. The highest BCUT2D eigenvalue weighted by molar-refractivity contribution is 7.99. The standard InChI is InChI=1S/C13H15N3O2S/c1-17-8-12-15-11(14)7-13(16-12)19-10-5-3-4-9(6-10)18-2/h3-7H,8H2,1-2H3,(H2,14,15,16). The van der Waals surface area contributed by atoms with E-state index in [4.69, 9.17) is 15.2 Å². The molecule has 0 spiro atoms. The number of nitrogen functional groups attached to an aromatic ring is 1. The summed E-state index contributed by atoms with van der Waals surface area (Å²) in [6, 6.07) is 9.50. The highest BCUT2D eigenvalue weighted by Crippen LogP contribution is 2.29. The van der Waals surface area contributed by atoms with Crippen molar-refractivity contribution in [1.29, 1.82) is 0 Å². The summed E-state index contributed by atoms with van der Waals surface area (Å²) in [6.45, 7) is 0.344. The van der Waals surface area contributed by atoms with Gasteiger partial charge >= 0.3 is 0 Å². The third-order valence-corrected chi connectivity index (χ3v) is 3.21. The van der Waals surface area contributed by atoms with Gasteiger partial charge in [-0.1, -0.05) is 17.8 Å². The molecule has 0 fully saturated rings. The topological polar surface area (TPSA) is 70.3 Å². The van der Waals surface area contributed by atoms with Crippen molar-refractivity contribution in [3.63, 3.8) is 0 Å². The molecule has 2 N–H and O–H groups in total. The van der Waals surface area contributed by atoms with Gasteiger partial charge in [0.1, 0.15) is 23.2 Å². The summed E-state index contributed by atoms with van der Waals surface area (Å²) < 4.78 is 10.2. The van der Waals surface area contributed by atoms with E-state index in [9.17, 15) is 0 Å². The van der Waals surface area contributed by atoms with Gasteiger partial charge in [-0.3, -0.25) is 0 Å². The number of methoxy groups -OCH3 is 2. The summed E-state index contributed by atoms with van der Waals surface area (Å²) in [6.07, 6.45) is 0. The number of ether oxygens (including phenoxy) is 2. The SMILES string of the molecule is COCc1nc(N)cc(Sc2cccc(OC)c2)n1. The van der Waals surface area contributed by atoms with Gasteiger partial charge < -0.3 is 15.2 Å². The van der Waals surface area contributed by atoms with Crippen molar-refractivity contribution in [3.8, 4) is 5.75 Å². The second kappa shape index (κ2) is 6.40. The fourth-order valence-corrected chi connectivity index (χ4v) is 2.42. The number of aromatic nitrogens is 2. The largest absolute Gasteiger partial charge is 0.497 e. The van der Waals surface area contributed by atoms with Crippen LogP contribution in [0.5, 0.6) is 5.75 Å². The van der Waals surface area contributed by atoms with Crippen molar-refractivity contribution in [2.45, 2.75) is 16.5 Å². The van der Waals surface area contributed by atoms with Crippen LogP contribution < -0.4 is 10.5 Å². The monoisotopic (exact) mass is 277 g/mol. The molecule has 0 amide bonds. The maximum Gasteiger partial charge on any atom is 0.157 e. The van der Waals surface area contributed by atoms with Gasteiger partial charge in [0.15, 0.2) is 5.82 Å². The first-order valence-corrected chi connectivity index (χ1v) is 6.47. The van der Waals surface area contributed by atoms with Crippen molar-refractivity contribution >= 4 is 17.6 Å². The normalized spacial score (nSPS) is 10.4. The van der Waals surface area contributed by atoms with E-state index in [2.05, 4.69) is 9.97 Å². The zero-order chi connectivity index (χ0) is 13.7. The lowest BCUT2D eigenvalue weighted by atomic mass is 10.3. The summed E-state index contributed by atoms with van der Waals surface area (Å²) in [7, 11) is 3.24. The molecule has 0 saturated heterocycles. The van der Waals surface area contributed by atoms with Crippen LogP contribution in [-0.4, -0.2) is 24.2 Å². The molecule has 0 radical (unpaired) electrons. The van der Waals surface area contributed by atoms with Crippen LogP contribution in [0.15, 0.2) is 40.3 Å². The van der Waals surface area contributed by atoms with E-state index >= 15 is 0 Å². The number of hydrogen-bond acceptors (Lipinski definition) is 6. The van der Waals surface area contributed by atoms with E-state index in [1.807, 2.05) is 24.3 Å². The van der Waals surface area contributed by atoms with E-state index in [1.54, 1.807) is 20.3 Å². The van der Waals surface area contributed by atoms with E-state index in [1.165, 1.54) is 11.8 Å². The Bertz CT molecular complexity index is 563. The maximum absolute atomic E-state index is 5.75. The fraction of sp³-hybridized carbons (Fsp3) is 0.231. The first-order valence-electron chi connectivity index (χ1n) is 5.65. The van der Waals surface area contributed by atoms with Crippen LogP contribution in [0.25, 0.3) is 0 Å². The van der Waals surface area contributed by atoms with Gasteiger partial charge in [-0.2, -0.15) is 0 Å². The van der Waals surface area contributed by atoms with Gasteiger partial charge in [0, 0.05) is 18.1 Å². The van der Waals surface area contributed by atoms with Crippen LogP contribution in [0.3, 0.4) is 0 Å². The molecule has 0 atom stereocenters. The summed E-state index contributed by atoms with van der Waals surface area (Å²) in [5.74, 6) is 1.82. The third-order valence-electron chi connectivity index (χ3n) is 2.31. The van der Waals surface area contributed by atoms with Gasteiger partial charge in [0.2, 0.25) is 0 Å². The molecule has 0 aliphatic carbocycles. The first-order chi connectivity index (χ1) is 9.21. The summed E-state index contributed by atoms with van der Waals surface area (Å²) in [4.78, 5) is 9.51. The molecule has 19 heavy (non-hydrogen) atoms. The van der Waals surface area contributed by atoms with E-state index in [0.29, 0.717) is 18.2 Å². The van der Waals surface area contributed by atoms with Crippen LogP contribution in [0, 0.1) is 0 Å². The molecule has 5 nitrogen and oxygen atoms in total. The molecule has 1 aromatic carbocycles. The average Bonchev–Trinajstić information content (AvgIpc) is 2.38. The first kappa shape index (κ1) is 13.6. The molecule has 0 unspecified atom stereocenters. The van der Waals surface area contributed by atoms with Gasteiger partial charge in [0.05, 0.1) is 7.11 Å². The highest BCUT2D eigenvalue weighted by atomic mass is 32.2. The number of benzene rings is 1.